The number of hydrogen-bond donors (Lipinski definition) is 2. The molecular formula is C14H17FN4O. The van der Waals surface area contributed by atoms with Gasteiger partial charge in [0.05, 0.1) is 11.1 Å². The number of halogens is 1. The van der Waals surface area contributed by atoms with Crippen molar-refractivity contribution in [2.75, 3.05) is 13.6 Å². The minimum absolute atomic E-state index is 0.144. The van der Waals surface area contributed by atoms with E-state index in [4.69, 9.17) is 5.73 Å². The molecule has 5 nitrogen and oxygen atoms in total. The number of rotatable bonds is 2. The molecule has 106 valence electrons. The van der Waals surface area contributed by atoms with Crippen LogP contribution in [0.25, 0.3) is 11.0 Å². The van der Waals surface area contributed by atoms with Crippen LogP contribution < -0.4 is 5.73 Å². The number of fused-ring (bicyclic) bond motifs is 1. The third kappa shape index (κ3) is 1.71. The van der Waals surface area contributed by atoms with Crippen LogP contribution in [0.15, 0.2) is 12.1 Å². The fourth-order valence-electron chi connectivity index (χ4n) is 2.94. The van der Waals surface area contributed by atoms with Crippen LogP contribution in [0.4, 0.5) is 4.39 Å². The molecule has 1 aliphatic rings. The van der Waals surface area contributed by atoms with E-state index in [-0.39, 0.29) is 11.1 Å². The molecule has 3 rings (SSSR count). The molecule has 1 aliphatic heterocycles. The van der Waals surface area contributed by atoms with Crippen molar-refractivity contribution < 1.29 is 9.18 Å². The molecule has 3 N–H and O–H groups in total. The van der Waals surface area contributed by atoms with Crippen molar-refractivity contribution in [3.05, 3.63) is 29.3 Å². The number of aromatic amines is 1. The van der Waals surface area contributed by atoms with Gasteiger partial charge in [-0.15, -0.1) is 0 Å². The Balaban J connectivity index is 2.21. The van der Waals surface area contributed by atoms with E-state index >= 15 is 0 Å². The van der Waals surface area contributed by atoms with Crippen molar-refractivity contribution in [1.29, 1.82) is 0 Å². The smallest absolute Gasteiger partial charge is 0.253 e. The fourth-order valence-corrected chi connectivity index (χ4v) is 2.94. The van der Waals surface area contributed by atoms with Crippen LogP contribution in [0, 0.1) is 5.82 Å². The standard InChI is InChI=1S/C14H17FN4O/c1-14(6-3-7-19(14)2)13-17-9-5-4-8(15)10(12(16)20)11(9)18-13/h4-5H,3,6-7H2,1-2H3,(H2,16,20)(H,17,18). The van der Waals surface area contributed by atoms with E-state index < -0.39 is 11.7 Å². The number of imidazole rings is 1. The van der Waals surface area contributed by atoms with Gasteiger partial charge in [-0.2, -0.15) is 0 Å². The number of carbonyl (C=O) groups is 1. The average Bonchev–Trinajstić information content (AvgIpc) is 2.94. The number of H-pyrrole nitrogens is 1. The van der Waals surface area contributed by atoms with Crippen molar-refractivity contribution in [2.45, 2.75) is 25.3 Å². The van der Waals surface area contributed by atoms with Crippen LogP contribution in [0.1, 0.15) is 35.9 Å². The Morgan fingerprint density at radius 2 is 2.30 bits per heavy atom. The van der Waals surface area contributed by atoms with E-state index in [0.717, 1.165) is 25.2 Å². The maximum Gasteiger partial charge on any atom is 0.253 e. The first kappa shape index (κ1) is 13.1. The highest BCUT2D eigenvalue weighted by molar-refractivity contribution is 6.04. The molecule has 2 heterocycles. The molecule has 0 bridgehead atoms. The number of primary amides is 1. The Morgan fingerprint density at radius 1 is 1.55 bits per heavy atom. The molecule has 0 spiro atoms. The Hall–Kier alpha value is -1.95. The van der Waals surface area contributed by atoms with Crippen LogP contribution in [0.2, 0.25) is 0 Å². The first-order valence-corrected chi connectivity index (χ1v) is 6.63. The van der Waals surface area contributed by atoms with Gasteiger partial charge in [-0.3, -0.25) is 9.69 Å². The molecule has 20 heavy (non-hydrogen) atoms. The van der Waals surface area contributed by atoms with E-state index in [9.17, 15) is 9.18 Å². The minimum Gasteiger partial charge on any atom is -0.365 e. The van der Waals surface area contributed by atoms with Crippen LogP contribution in [-0.4, -0.2) is 34.4 Å². The number of nitrogens with one attached hydrogen (secondary N) is 1. The largest absolute Gasteiger partial charge is 0.365 e. The highest BCUT2D eigenvalue weighted by atomic mass is 19.1. The first-order chi connectivity index (χ1) is 9.43. The zero-order chi connectivity index (χ0) is 14.5. The lowest BCUT2D eigenvalue weighted by molar-refractivity contribution is 0.0998. The van der Waals surface area contributed by atoms with Crippen molar-refractivity contribution >= 4 is 16.9 Å². The zero-order valence-electron chi connectivity index (χ0n) is 11.5. The summed E-state index contributed by atoms with van der Waals surface area (Å²) in [5, 5.41) is 0. The van der Waals surface area contributed by atoms with Gasteiger partial charge in [-0.1, -0.05) is 0 Å². The summed E-state index contributed by atoms with van der Waals surface area (Å²) in [7, 11) is 2.04. The molecular weight excluding hydrogens is 259 g/mol. The summed E-state index contributed by atoms with van der Waals surface area (Å²) in [6.45, 7) is 3.09. The topological polar surface area (TPSA) is 75.0 Å². The lowest BCUT2D eigenvalue weighted by Gasteiger charge is -2.29. The van der Waals surface area contributed by atoms with Gasteiger partial charge < -0.3 is 10.7 Å². The SMILES string of the molecule is CN1CCCC1(C)c1nc2c(C(N)=O)c(F)ccc2[nH]1. The van der Waals surface area contributed by atoms with Crippen molar-refractivity contribution in [3.63, 3.8) is 0 Å². The third-order valence-electron chi connectivity index (χ3n) is 4.36. The van der Waals surface area contributed by atoms with Crippen molar-refractivity contribution in [1.82, 2.24) is 14.9 Å². The summed E-state index contributed by atoms with van der Waals surface area (Å²) >= 11 is 0. The number of likely N-dealkylation sites (tertiary alicyclic amines) is 1. The minimum atomic E-state index is -0.795. The van der Waals surface area contributed by atoms with Gasteiger partial charge in [-0.05, 0) is 45.5 Å². The monoisotopic (exact) mass is 276 g/mol. The Morgan fingerprint density at radius 3 is 2.90 bits per heavy atom. The summed E-state index contributed by atoms with van der Waals surface area (Å²) in [4.78, 5) is 21.3. The second kappa shape index (κ2) is 4.28. The molecule has 0 aliphatic carbocycles. The normalized spacial score (nSPS) is 23.6. The highest BCUT2D eigenvalue weighted by Crippen LogP contribution is 2.36. The molecule has 1 fully saturated rings. The maximum atomic E-state index is 13.8. The van der Waals surface area contributed by atoms with Gasteiger partial charge >= 0.3 is 0 Å². The third-order valence-corrected chi connectivity index (χ3v) is 4.36. The van der Waals surface area contributed by atoms with E-state index in [1.807, 2.05) is 7.05 Å². The highest BCUT2D eigenvalue weighted by Gasteiger charge is 2.38. The molecule has 1 amide bonds. The summed E-state index contributed by atoms with van der Waals surface area (Å²) in [5.74, 6) is -0.676. The summed E-state index contributed by atoms with van der Waals surface area (Å²) < 4.78 is 13.8. The molecule has 0 radical (unpaired) electrons. The second-order valence-electron chi connectivity index (χ2n) is 5.57. The molecule has 1 aromatic carbocycles. The van der Waals surface area contributed by atoms with Gasteiger partial charge in [0, 0.05) is 0 Å². The number of benzene rings is 1. The van der Waals surface area contributed by atoms with E-state index in [2.05, 4.69) is 21.8 Å². The molecule has 1 unspecified atom stereocenters. The average molecular weight is 276 g/mol. The van der Waals surface area contributed by atoms with Crippen LogP contribution in [-0.2, 0) is 5.54 Å². The molecule has 2 aromatic rings. The maximum absolute atomic E-state index is 13.8. The van der Waals surface area contributed by atoms with E-state index in [1.165, 1.54) is 6.07 Å². The Kier molecular flexibility index (Phi) is 2.79. The van der Waals surface area contributed by atoms with Gasteiger partial charge in [0.15, 0.2) is 0 Å². The number of nitrogens with two attached hydrogens (primary N) is 1. The number of carbonyl (C=O) groups excluding carboxylic acids is 1. The van der Waals surface area contributed by atoms with Crippen molar-refractivity contribution in [3.8, 4) is 0 Å². The predicted molar refractivity (Wildman–Crippen MR) is 73.8 cm³/mol. The first-order valence-electron chi connectivity index (χ1n) is 6.63. The fraction of sp³-hybridized carbons (Fsp3) is 0.429. The number of amides is 1. The van der Waals surface area contributed by atoms with Gasteiger partial charge in [0.1, 0.15) is 22.7 Å². The Labute approximate surface area is 116 Å². The number of hydrogen-bond acceptors (Lipinski definition) is 3. The molecule has 1 atom stereocenters. The number of nitrogens with zero attached hydrogens (tertiary/aromatic N) is 2. The summed E-state index contributed by atoms with van der Waals surface area (Å²) in [6.07, 6.45) is 2.05. The zero-order valence-corrected chi connectivity index (χ0v) is 11.5. The predicted octanol–water partition coefficient (Wildman–Crippen LogP) is 1.74. The molecule has 1 aromatic heterocycles. The lowest BCUT2D eigenvalue weighted by atomic mass is 9.98. The number of aromatic nitrogens is 2. The van der Waals surface area contributed by atoms with Gasteiger partial charge in [0.2, 0.25) is 0 Å². The van der Waals surface area contributed by atoms with Crippen LogP contribution >= 0.6 is 0 Å². The molecule has 6 heteroatoms. The lowest BCUT2D eigenvalue weighted by Crippen LogP contribution is -2.36. The van der Waals surface area contributed by atoms with Gasteiger partial charge in [-0.25, -0.2) is 9.37 Å². The summed E-state index contributed by atoms with van der Waals surface area (Å²) in [6, 6.07) is 2.83. The Bertz CT molecular complexity index is 696. The van der Waals surface area contributed by atoms with Crippen LogP contribution in [0.3, 0.4) is 0 Å². The van der Waals surface area contributed by atoms with E-state index in [0.29, 0.717) is 11.0 Å². The second-order valence-corrected chi connectivity index (χ2v) is 5.57. The van der Waals surface area contributed by atoms with E-state index in [1.54, 1.807) is 6.07 Å². The molecule has 0 saturated carbocycles. The van der Waals surface area contributed by atoms with Gasteiger partial charge in [0.25, 0.3) is 5.91 Å². The molecule has 1 saturated heterocycles. The quantitative estimate of drug-likeness (QED) is 0.877. The summed E-state index contributed by atoms with van der Waals surface area (Å²) in [5.41, 5.74) is 5.85. The van der Waals surface area contributed by atoms with Crippen molar-refractivity contribution in [2.24, 2.45) is 5.73 Å². The van der Waals surface area contributed by atoms with Crippen LogP contribution in [0.5, 0.6) is 0 Å².